The average molecular weight is 225 g/mol. The number of benzene rings is 1. The van der Waals surface area contributed by atoms with Crippen molar-refractivity contribution in [2.24, 2.45) is 5.73 Å². The van der Waals surface area contributed by atoms with Crippen LogP contribution in [0.15, 0.2) is 24.3 Å². The van der Waals surface area contributed by atoms with Crippen molar-refractivity contribution < 1.29 is 0 Å². The Hall–Kier alpha value is -1.08. The first-order valence-electron chi connectivity index (χ1n) is 3.97. The van der Waals surface area contributed by atoms with E-state index in [1.807, 2.05) is 24.3 Å². The lowest BCUT2D eigenvalue weighted by atomic mass is 10.1. The molecule has 14 heavy (non-hydrogen) atoms. The molecule has 1 heterocycles. The summed E-state index contributed by atoms with van der Waals surface area (Å²) in [4.78, 5) is 0.746. The lowest BCUT2D eigenvalue weighted by Crippen LogP contribution is -1.95. The molecule has 0 atom stereocenters. The first-order valence-corrected chi connectivity index (χ1v) is 4.78. The van der Waals surface area contributed by atoms with E-state index in [4.69, 9.17) is 11.0 Å². The predicted octanol–water partition coefficient (Wildman–Crippen LogP) is 2.65. The number of nitrogens with zero attached hydrogens (tertiary/aromatic N) is 1. The van der Waals surface area contributed by atoms with Gasteiger partial charge >= 0.3 is 0 Å². The standard InChI is InChI=1S/C10H8N2S.ClH/c11-5-8-3-1-2-7-4-9(6-12)13-10(7)8;/h1-4H,5,11H2;1H. The SMILES string of the molecule is Cl.N#Cc1cc2cccc(CN)c2s1. The van der Waals surface area contributed by atoms with Gasteiger partial charge in [-0.15, -0.1) is 23.7 Å². The van der Waals surface area contributed by atoms with E-state index in [1.165, 1.54) is 11.3 Å². The molecule has 2 N–H and O–H groups in total. The van der Waals surface area contributed by atoms with Gasteiger partial charge in [-0.1, -0.05) is 18.2 Å². The molecule has 0 spiro atoms. The maximum Gasteiger partial charge on any atom is 0.110 e. The van der Waals surface area contributed by atoms with Gasteiger partial charge in [0, 0.05) is 11.2 Å². The number of hydrogen-bond donors (Lipinski definition) is 1. The highest BCUT2D eigenvalue weighted by Gasteiger charge is 2.03. The molecule has 0 fully saturated rings. The summed E-state index contributed by atoms with van der Waals surface area (Å²) in [6.45, 7) is 0.530. The quantitative estimate of drug-likeness (QED) is 0.810. The topological polar surface area (TPSA) is 49.8 Å². The number of hydrogen-bond acceptors (Lipinski definition) is 3. The van der Waals surface area contributed by atoms with Gasteiger partial charge in [0.1, 0.15) is 10.9 Å². The monoisotopic (exact) mass is 224 g/mol. The fourth-order valence-electron chi connectivity index (χ4n) is 1.34. The molecule has 2 aromatic rings. The molecule has 0 saturated heterocycles. The van der Waals surface area contributed by atoms with Gasteiger partial charge in [-0.25, -0.2) is 0 Å². The molecule has 0 aliphatic carbocycles. The molecular weight excluding hydrogens is 216 g/mol. The Morgan fingerprint density at radius 3 is 2.86 bits per heavy atom. The number of nitrogens with two attached hydrogens (primary N) is 1. The molecule has 0 bridgehead atoms. The van der Waals surface area contributed by atoms with E-state index < -0.39 is 0 Å². The third-order valence-electron chi connectivity index (χ3n) is 1.96. The Bertz CT molecular complexity index is 484. The van der Waals surface area contributed by atoms with E-state index in [9.17, 15) is 0 Å². The highest BCUT2D eigenvalue weighted by molar-refractivity contribution is 7.19. The third-order valence-corrected chi connectivity index (χ3v) is 3.09. The minimum atomic E-state index is 0. The predicted molar refractivity (Wildman–Crippen MR) is 61.7 cm³/mol. The molecule has 0 aliphatic heterocycles. The molecular formula is C10H9ClN2S. The van der Waals surface area contributed by atoms with Gasteiger partial charge in [-0.3, -0.25) is 0 Å². The largest absolute Gasteiger partial charge is 0.326 e. The van der Waals surface area contributed by atoms with Gasteiger partial charge in [0.2, 0.25) is 0 Å². The first-order chi connectivity index (χ1) is 6.35. The van der Waals surface area contributed by atoms with Crippen LogP contribution in [-0.4, -0.2) is 0 Å². The van der Waals surface area contributed by atoms with Crippen LogP contribution in [0.3, 0.4) is 0 Å². The van der Waals surface area contributed by atoms with Gasteiger partial charge in [0.05, 0.1) is 0 Å². The highest BCUT2D eigenvalue weighted by atomic mass is 35.5. The molecule has 0 radical (unpaired) electrons. The van der Waals surface area contributed by atoms with E-state index in [0.717, 1.165) is 20.5 Å². The van der Waals surface area contributed by atoms with E-state index >= 15 is 0 Å². The minimum absolute atomic E-state index is 0. The van der Waals surface area contributed by atoms with Gasteiger partial charge in [0.15, 0.2) is 0 Å². The number of rotatable bonds is 1. The van der Waals surface area contributed by atoms with Crippen molar-refractivity contribution in [2.45, 2.75) is 6.54 Å². The zero-order chi connectivity index (χ0) is 9.26. The van der Waals surface area contributed by atoms with E-state index in [-0.39, 0.29) is 12.4 Å². The van der Waals surface area contributed by atoms with Crippen molar-refractivity contribution in [1.29, 1.82) is 5.26 Å². The van der Waals surface area contributed by atoms with Crippen LogP contribution in [0.25, 0.3) is 10.1 Å². The molecule has 0 unspecified atom stereocenters. The van der Waals surface area contributed by atoms with Crippen LogP contribution >= 0.6 is 23.7 Å². The van der Waals surface area contributed by atoms with Gasteiger partial charge in [0.25, 0.3) is 0 Å². The molecule has 2 nitrogen and oxygen atoms in total. The fraction of sp³-hybridized carbons (Fsp3) is 0.100. The van der Waals surface area contributed by atoms with Crippen LogP contribution in [0.1, 0.15) is 10.4 Å². The fourth-order valence-corrected chi connectivity index (χ4v) is 2.32. The van der Waals surface area contributed by atoms with Gasteiger partial charge in [-0.2, -0.15) is 5.26 Å². The maximum absolute atomic E-state index is 8.73. The van der Waals surface area contributed by atoms with Crippen molar-refractivity contribution in [3.8, 4) is 6.07 Å². The minimum Gasteiger partial charge on any atom is -0.326 e. The van der Waals surface area contributed by atoms with Crippen molar-refractivity contribution in [1.82, 2.24) is 0 Å². The summed E-state index contributed by atoms with van der Waals surface area (Å²) >= 11 is 1.51. The van der Waals surface area contributed by atoms with Crippen molar-refractivity contribution in [2.75, 3.05) is 0 Å². The second-order valence-corrected chi connectivity index (χ2v) is 3.81. The van der Waals surface area contributed by atoms with E-state index in [0.29, 0.717) is 6.54 Å². The van der Waals surface area contributed by atoms with Crippen LogP contribution in [0.5, 0.6) is 0 Å². The summed E-state index contributed by atoms with van der Waals surface area (Å²) < 4.78 is 1.14. The lowest BCUT2D eigenvalue weighted by molar-refractivity contribution is 1.09. The van der Waals surface area contributed by atoms with Crippen LogP contribution < -0.4 is 5.73 Å². The zero-order valence-corrected chi connectivity index (χ0v) is 8.99. The summed E-state index contributed by atoms with van der Waals surface area (Å²) in [6.07, 6.45) is 0. The van der Waals surface area contributed by atoms with Crippen LogP contribution in [0, 0.1) is 11.3 Å². The maximum atomic E-state index is 8.73. The molecule has 4 heteroatoms. The first kappa shape index (κ1) is 11.0. The summed E-state index contributed by atoms with van der Waals surface area (Å²) in [5.41, 5.74) is 6.71. The Morgan fingerprint density at radius 2 is 2.21 bits per heavy atom. The molecule has 0 amide bonds. The highest BCUT2D eigenvalue weighted by Crippen LogP contribution is 2.27. The normalized spacial score (nSPS) is 9.43. The molecule has 2 rings (SSSR count). The van der Waals surface area contributed by atoms with Crippen LogP contribution in [-0.2, 0) is 6.54 Å². The Morgan fingerprint density at radius 1 is 1.43 bits per heavy atom. The molecule has 1 aromatic heterocycles. The second kappa shape index (κ2) is 4.43. The zero-order valence-electron chi connectivity index (χ0n) is 7.36. The molecule has 72 valence electrons. The Balaban J connectivity index is 0.000000980. The Kier molecular flexibility index (Phi) is 3.48. The van der Waals surface area contributed by atoms with E-state index in [1.54, 1.807) is 0 Å². The summed E-state index contributed by atoms with van der Waals surface area (Å²) in [7, 11) is 0. The smallest absolute Gasteiger partial charge is 0.110 e. The van der Waals surface area contributed by atoms with Gasteiger partial charge < -0.3 is 5.73 Å². The summed E-state index contributed by atoms with van der Waals surface area (Å²) in [5, 5.41) is 9.85. The van der Waals surface area contributed by atoms with Crippen molar-refractivity contribution in [3.05, 3.63) is 34.7 Å². The number of nitriles is 1. The molecule has 0 aliphatic rings. The summed E-state index contributed by atoms with van der Waals surface area (Å²) in [5.74, 6) is 0. The molecule has 0 saturated carbocycles. The van der Waals surface area contributed by atoms with E-state index in [2.05, 4.69) is 6.07 Å². The van der Waals surface area contributed by atoms with Crippen molar-refractivity contribution >= 4 is 33.8 Å². The van der Waals surface area contributed by atoms with Gasteiger partial charge in [-0.05, 0) is 17.0 Å². The van der Waals surface area contributed by atoms with Crippen LogP contribution in [0.4, 0.5) is 0 Å². The number of fused-ring (bicyclic) bond motifs is 1. The van der Waals surface area contributed by atoms with Crippen molar-refractivity contribution in [3.63, 3.8) is 0 Å². The second-order valence-electron chi connectivity index (χ2n) is 2.76. The lowest BCUT2D eigenvalue weighted by Gasteiger charge is -1.96. The number of halogens is 1. The summed E-state index contributed by atoms with van der Waals surface area (Å²) in [6, 6.07) is 10.0. The third kappa shape index (κ3) is 1.73. The Labute approximate surface area is 92.4 Å². The molecule has 1 aromatic carbocycles. The van der Waals surface area contributed by atoms with Crippen LogP contribution in [0.2, 0.25) is 0 Å². The average Bonchev–Trinajstić information content (AvgIpc) is 2.59. The number of thiophene rings is 1.